The number of nitrogens with two attached hydrogens (primary N) is 1. The van der Waals surface area contributed by atoms with Gasteiger partial charge in [-0.05, 0) is 18.1 Å². The van der Waals surface area contributed by atoms with Crippen LogP contribution in [0.2, 0.25) is 0 Å². The number of hydrogen-bond donors (Lipinski definition) is 1. The number of aryl methyl sites for hydroxylation is 1. The SMILES string of the molecule is CN(Cc1cscn1)C(=O)CCc1ccccc1N. The minimum Gasteiger partial charge on any atom is -0.399 e. The summed E-state index contributed by atoms with van der Waals surface area (Å²) in [5.74, 6) is 0.108. The summed E-state index contributed by atoms with van der Waals surface area (Å²) in [6, 6.07) is 7.66. The lowest BCUT2D eigenvalue weighted by Gasteiger charge is -2.16. The number of thiazole rings is 1. The third kappa shape index (κ3) is 3.79. The maximum absolute atomic E-state index is 12.0. The fourth-order valence-electron chi connectivity index (χ4n) is 1.84. The maximum atomic E-state index is 12.0. The highest BCUT2D eigenvalue weighted by atomic mass is 32.1. The molecule has 0 saturated heterocycles. The van der Waals surface area contributed by atoms with E-state index in [9.17, 15) is 4.79 Å². The molecule has 1 aromatic carbocycles. The lowest BCUT2D eigenvalue weighted by molar-refractivity contribution is -0.130. The molecule has 5 heteroatoms. The van der Waals surface area contributed by atoms with Gasteiger partial charge in [-0.15, -0.1) is 11.3 Å². The van der Waals surface area contributed by atoms with E-state index in [1.54, 1.807) is 17.5 Å². The highest BCUT2D eigenvalue weighted by Gasteiger charge is 2.11. The zero-order valence-electron chi connectivity index (χ0n) is 10.9. The number of amides is 1. The number of benzene rings is 1. The van der Waals surface area contributed by atoms with Gasteiger partial charge in [-0.25, -0.2) is 4.98 Å². The average Bonchev–Trinajstić information content (AvgIpc) is 2.90. The van der Waals surface area contributed by atoms with Gasteiger partial charge in [-0.1, -0.05) is 18.2 Å². The molecule has 0 fully saturated rings. The van der Waals surface area contributed by atoms with Crippen molar-refractivity contribution in [2.75, 3.05) is 12.8 Å². The van der Waals surface area contributed by atoms with E-state index in [-0.39, 0.29) is 5.91 Å². The number of carbonyl (C=O) groups excluding carboxylic acids is 1. The van der Waals surface area contributed by atoms with Crippen molar-refractivity contribution in [2.45, 2.75) is 19.4 Å². The lowest BCUT2D eigenvalue weighted by atomic mass is 10.1. The first kappa shape index (κ1) is 13.5. The number of nitrogen functional groups attached to an aromatic ring is 1. The number of anilines is 1. The van der Waals surface area contributed by atoms with Gasteiger partial charge in [0.2, 0.25) is 5.91 Å². The number of hydrogen-bond acceptors (Lipinski definition) is 4. The van der Waals surface area contributed by atoms with E-state index >= 15 is 0 Å². The van der Waals surface area contributed by atoms with E-state index in [1.807, 2.05) is 29.6 Å². The molecule has 0 atom stereocenters. The standard InChI is InChI=1S/C14H17N3OS/c1-17(8-12-9-19-10-16-12)14(18)7-6-11-4-2-3-5-13(11)15/h2-5,9-10H,6-8,15H2,1H3. The molecule has 2 N–H and O–H groups in total. The summed E-state index contributed by atoms with van der Waals surface area (Å²) in [7, 11) is 1.80. The molecule has 0 spiro atoms. The second-order valence-corrected chi connectivity index (χ2v) is 5.15. The molecule has 2 aromatic rings. The van der Waals surface area contributed by atoms with E-state index < -0.39 is 0 Å². The van der Waals surface area contributed by atoms with E-state index in [1.165, 1.54) is 11.3 Å². The monoisotopic (exact) mass is 275 g/mol. The van der Waals surface area contributed by atoms with Crippen LogP contribution >= 0.6 is 11.3 Å². The molecule has 0 bridgehead atoms. The minimum atomic E-state index is 0.108. The average molecular weight is 275 g/mol. The zero-order valence-corrected chi connectivity index (χ0v) is 11.7. The van der Waals surface area contributed by atoms with Crippen molar-refractivity contribution in [1.82, 2.24) is 9.88 Å². The number of nitrogens with zero attached hydrogens (tertiary/aromatic N) is 2. The van der Waals surface area contributed by atoms with Crippen molar-refractivity contribution < 1.29 is 4.79 Å². The van der Waals surface area contributed by atoms with Gasteiger partial charge in [-0.2, -0.15) is 0 Å². The van der Waals surface area contributed by atoms with Crippen molar-refractivity contribution in [3.63, 3.8) is 0 Å². The van der Waals surface area contributed by atoms with Crippen molar-refractivity contribution in [3.05, 3.63) is 46.4 Å². The van der Waals surface area contributed by atoms with Gasteiger partial charge < -0.3 is 10.6 Å². The third-order valence-electron chi connectivity index (χ3n) is 2.97. The van der Waals surface area contributed by atoms with Crippen LogP contribution in [-0.4, -0.2) is 22.8 Å². The third-order valence-corrected chi connectivity index (χ3v) is 3.61. The molecule has 1 aromatic heterocycles. The molecule has 1 amide bonds. The first-order valence-electron chi connectivity index (χ1n) is 6.11. The first-order valence-corrected chi connectivity index (χ1v) is 7.05. The van der Waals surface area contributed by atoms with E-state index in [0.717, 1.165) is 16.9 Å². The van der Waals surface area contributed by atoms with Crippen molar-refractivity contribution in [2.24, 2.45) is 0 Å². The molecule has 0 aliphatic carbocycles. The topological polar surface area (TPSA) is 59.2 Å². The molecule has 1 heterocycles. The summed E-state index contributed by atoms with van der Waals surface area (Å²) in [6.07, 6.45) is 1.14. The van der Waals surface area contributed by atoms with Gasteiger partial charge in [0.25, 0.3) is 0 Å². The van der Waals surface area contributed by atoms with Gasteiger partial charge in [0.1, 0.15) is 0 Å². The molecule has 0 aliphatic rings. The minimum absolute atomic E-state index is 0.108. The predicted molar refractivity (Wildman–Crippen MR) is 77.8 cm³/mol. The largest absolute Gasteiger partial charge is 0.399 e. The van der Waals surface area contributed by atoms with Crippen LogP contribution in [0.15, 0.2) is 35.2 Å². The quantitative estimate of drug-likeness (QED) is 0.852. The van der Waals surface area contributed by atoms with E-state index in [2.05, 4.69) is 4.98 Å². The summed E-state index contributed by atoms with van der Waals surface area (Å²) in [4.78, 5) is 17.9. The smallest absolute Gasteiger partial charge is 0.222 e. The van der Waals surface area contributed by atoms with Crippen LogP contribution in [0, 0.1) is 0 Å². The first-order chi connectivity index (χ1) is 9.16. The summed E-state index contributed by atoms with van der Waals surface area (Å²) in [5, 5.41) is 1.96. The predicted octanol–water partition coefficient (Wildman–Crippen LogP) is 2.32. The summed E-state index contributed by atoms with van der Waals surface area (Å²) < 4.78 is 0. The Hall–Kier alpha value is -1.88. The summed E-state index contributed by atoms with van der Waals surface area (Å²) in [5.41, 5.74) is 10.3. The number of carbonyl (C=O) groups is 1. The Morgan fingerprint density at radius 2 is 2.21 bits per heavy atom. The van der Waals surface area contributed by atoms with Crippen LogP contribution in [0.25, 0.3) is 0 Å². The molecule has 0 saturated carbocycles. The second kappa shape index (κ2) is 6.33. The van der Waals surface area contributed by atoms with Gasteiger partial charge in [0.15, 0.2) is 0 Å². The van der Waals surface area contributed by atoms with Crippen molar-refractivity contribution in [1.29, 1.82) is 0 Å². The second-order valence-electron chi connectivity index (χ2n) is 4.43. The van der Waals surface area contributed by atoms with Gasteiger partial charge in [0, 0.05) is 24.5 Å². The van der Waals surface area contributed by atoms with Crippen LogP contribution in [0.5, 0.6) is 0 Å². The lowest BCUT2D eigenvalue weighted by Crippen LogP contribution is -2.26. The maximum Gasteiger partial charge on any atom is 0.222 e. The Morgan fingerprint density at radius 1 is 1.42 bits per heavy atom. The fourth-order valence-corrected chi connectivity index (χ4v) is 2.39. The highest BCUT2D eigenvalue weighted by molar-refractivity contribution is 7.07. The molecule has 0 unspecified atom stereocenters. The number of para-hydroxylation sites is 1. The highest BCUT2D eigenvalue weighted by Crippen LogP contribution is 2.13. The van der Waals surface area contributed by atoms with Crippen molar-refractivity contribution in [3.8, 4) is 0 Å². The molecule has 19 heavy (non-hydrogen) atoms. The molecular weight excluding hydrogens is 258 g/mol. The fraction of sp³-hybridized carbons (Fsp3) is 0.286. The molecule has 0 aliphatic heterocycles. The number of aromatic nitrogens is 1. The van der Waals surface area contributed by atoms with E-state index in [0.29, 0.717) is 19.4 Å². The van der Waals surface area contributed by atoms with Crippen LogP contribution < -0.4 is 5.73 Å². The van der Waals surface area contributed by atoms with Crippen LogP contribution in [0.3, 0.4) is 0 Å². The normalized spacial score (nSPS) is 10.4. The Morgan fingerprint density at radius 3 is 2.89 bits per heavy atom. The van der Waals surface area contributed by atoms with Gasteiger partial charge in [0.05, 0.1) is 17.7 Å². The summed E-state index contributed by atoms with van der Waals surface area (Å²) in [6.45, 7) is 0.562. The van der Waals surface area contributed by atoms with Crippen molar-refractivity contribution >= 4 is 22.9 Å². The molecule has 2 rings (SSSR count). The molecule has 4 nitrogen and oxygen atoms in total. The molecular formula is C14H17N3OS. The van der Waals surface area contributed by atoms with Gasteiger partial charge >= 0.3 is 0 Å². The Labute approximate surface area is 116 Å². The Kier molecular flexibility index (Phi) is 4.52. The number of rotatable bonds is 5. The molecule has 0 radical (unpaired) electrons. The zero-order chi connectivity index (χ0) is 13.7. The Balaban J connectivity index is 1.86. The van der Waals surface area contributed by atoms with Crippen LogP contribution in [0.1, 0.15) is 17.7 Å². The van der Waals surface area contributed by atoms with Crippen LogP contribution in [-0.2, 0) is 17.8 Å². The van der Waals surface area contributed by atoms with Gasteiger partial charge in [-0.3, -0.25) is 4.79 Å². The summed E-state index contributed by atoms with van der Waals surface area (Å²) >= 11 is 1.54. The Bertz CT molecular complexity index is 539. The van der Waals surface area contributed by atoms with E-state index in [4.69, 9.17) is 5.73 Å². The van der Waals surface area contributed by atoms with Crippen LogP contribution in [0.4, 0.5) is 5.69 Å². The molecule has 100 valence electrons.